The van der Waals surface area contributed by atoms with Crippen LogP contribution in [0.3, 0.4) is 0 Å². The molecule has 0 aromatic heterocycles. The highest BCUT2D eigenvalue weighted by atomic mass is 16.6. The molecular formula is C15H11N3O5. The molecule has 0 saturated heterocycles. The number of nitro groups is 1. The highest BCUT2D eigenvalue weighted by Crippen LogP contribution is 2.32. The third kappa shape index (κ3) is 2.69. The van der Waals surface area contributed by atoms with Gasteiger partial charge in [-0.2, -0.15) is 0 Å². The van der Waals surface area contributed by atoms with E-state index in [0.717, 1.165) is 0 Å². The number of carbonyl (C=O) groups is 1. The van der Waals surface area contributed by atoms with Gasteiger partial charge >= 0.3 is 5.97 Å². The maximum absolute atomic E-state index is 11.8. The quantitative estimate of drug-likeness (QED) is 0.530. The van der Waals surface area contributed by atoms with Crippen LogP contribution < -0.4 is 10.2 Å². The standard InChI is InChI=1S/C15H11N3O5/c1-22-15(19)11-5-3-2-4-10(11)14-17-16-12-7-6-9(18(20)21)8-13(12)23-14/h2-8,16H,1H3. The van der Waals surface area contributed by atoms with Gasteiger partial charge in [0.05, 0.1) is 34.9 Å². The number of hydrazone groups is 1. The van der Waals surface area contributed by atoms with Crippen molar-refractivity contribution in [1.29, 1.82) is 0 Å². The lowest BCUT2D eigenvalue weighted by Gasteiger charge is -2.18. The summed E-state index contributed by atoms with van der Waals surface area (Å²) in [6, 6.07) is 10.8. The summed E-state index contributed by atoms with van der Waals surface area (Å²) in [7, 11) is 1.28. The van der Waals surface area contributed by atoms with Gasteiger partial charge < -0.3 is 9.47 Å². The largest absolute Gasteiger partial charge is 0.465 e. The van der Waals surface area contributed by atoms with Crippen molar-refractivity contribution in [3.05, 3.63) is 63.7 Å². The van der Waals surface area contributed by atoms with Gasteiger partial charge in [0.25, 0.3) is 5.69 Å². The molecule has 0 fully saturated rings. The topological polar surface area (TPSA) is 103 Å². The fourth-order valence-corrected chi connectivity index (χ4v) is 2.11. The van der Waals surface area contributed by atoms with Crippen molar-refractivity contribution in [3.63, 3.8) is 0 Å². The fraction of sp³-hybridized carbons (Fsp3) is 0.0667. The molecule has 1 aliphatic heterocycles. The SMILES string of the molecule is COC(=O)c1ccccc1C1=NNc2ccc([N+](=O)[O-])cc2O1. The van der Waals surface area contributed by atoms with Crippen molar-refractivity contribution in [2.45, 2.75) is 0 Å². The molecule has 0 saturated carbocycles. The predicted octanol–water partition coefficient (Wildman–Crippen LogP) is 2.55. The zero-order chi connectivity index (χ0) is 16.4. The van der Waals surface area contributed by atoms with Crippen molar-refractivity contribution in [2.24, 2.45) is 5.10 Å². The maximum Gasteiger partial charge on any atom is 0.338 e. The van der Waals surface area contributed by atoms with Crippen molar-refractivity contribution in [1.82, 2.24) is 0 Å². The van der Waals surface area contributed by atoms with E-state index >= 15 is 0 Å². The lowest BCUT2D eigenvalue weighted by Crippen LogP contribution is -2.21. The van der Waals surface area contributed by atoms with E-state index in [9.17, 15) is 14.9 Å². The van der Waals surface area contributed by atoms with Crippen LogP contribution in [0.5, 0.6) is 5.75 Å². The second kappa shape index (κ2) is 5.76. The van der Waals surface area contributed by atoms with Crippen molar-refractivity contribution in [2.75, 3.05) is 12.5 Å². The number of hydrogen-bond donors (Lipinski definition) is 1. The molecule has 2 aromatic rings. The minimum Gasteiger partial charge on any atom is -0.465 e. The summed E-state index contributed by atoms with van der Waals surface area (Å²) in [5, 5.41) is 14.9. The molecule has 116 valence electrons. The minimum atomic E-state index is -0.531. The number of non-ortho nitro benzene ring substituents is 1. The number of fused-ring (bicyclic) bond motifs is 1. The second-order valence-corrected chi connectivity index (χ2v) is 4.61. The first-order chi connectivity index (χ1) is 11.1. The smallest absolute Gasteiger partial charge is 0.338 e. The van der Waals surface area contributed by atoms with Crippen molar-refractivity contribution >= 4 is 23.2 Å². The Morgan fingerprint density at radius 1 is 1.30 bits per heavy atom. The number of rotatable bonds is 3. The third-order valence-electron chi connectivity index (χ3n) is 3.22. The molecule has 0 amide bonds. The molecule has 23 heavy (non-hydrogen) atoms. The van der Waals surface area contributed by atoms with E-state index in [2.05, 4.69) is 10.5 Å². The summed E-state index contributed by atoms with van der Waals surface area (Å²) in [5.74, 6) is -0.153. The predicted molar refractivity (Wildman–Crippen MR) is 81.7 cm³/mol. The highest BCUT2D eigenvalue weighted by molar-refractivity contribution is 6.07. The average molecular weight is 313 g/mol. The highest BCUT2D eigenvalue weighted by Gasteiger charge is 2.23. The van der Waals surface area contributed by atoms with Crippen molar-refractivity contribution < 1.29 is 19.2 Å². The number of carbonyl (C=O) groups excluding carboxylic acids is 1. The number of hydrogen-bond acceptors (Lipinski definition) is 7. The average Bonchev–Trinajstić information content (AvgIpc) is 2.60. The van der Waals surface area contributed by atoms with E-state index in [1.165, 1.54) is 25.3 Å². The number of anilines is 1. The first-order valence-electron chi connectivity index (χ1n) is 6.58. The Labute approximate surface area is 130 Å². The summed E-state index contributed by atoms with van der Waals surface area (Å²) in [6.45, 7) is 0. The lowest BCUT2D eigenvalue weighted by molar-refractivity contribution is -0.384. The van der Waals surface area contributed by atoms with Crippen LogP contribution in [-0.4, -0.2) is 23.9 Å². The molecule has 0 spiro atoms. The van der Waals surface area contributed by atoms with E-state index in [0.29, 0.717) is 11.3 Å². The maximum atomic E-state index is 11.8. The lowest BCUT2D eigenvalue weighted by atomic mass is 10.1. The summed E-state index contributed by atoms with van der Waals surface area (Å²) in [5.41, 5.74) is 3.84. The summed E-state index contributed by atoms with van der Waals surface area (Å²) in [4.78, 5) is 22.2. The van der Waals surface area contributed by atoms with E-state index in [1.54, 1.807) is 24.3 Å². The molecule has 3 rings (SSSR count). The molecule has 0 unspecified atom stereocenters. The van der Waals surface area contributed by atoms with Gasteiger partial charge in [-0.15, -0.1) is 5.10 Å². The van der Waals surface area contributed by atoms with E-state index in [1.807, 2.05) is 0 Å². The first-order valence-corrected chi connectivity index (χ1v) is 6.58. The number of ether oxygens (including phenoxy) is 2. The molecular weight excluding hydrogens is 302 g/mol. The molecule has 1 heterocycles. The van der Waals surface area contributed by atoms with Gasteiger partial charge in [-0.05, 0) is 18.2 Å². The van der Waals surface area contributed by atoms with Crippen LogP contribution in [0, 0.1) is 10.1 Å². The van der Waals surface area contributed by atoms with Crippen LogP contribution in [-0.2, 0) is 4.74 Å². The van der Waals surface area contributed by atoms with Gasteiger partial charge in [0.15, 0.2) is 5.75 Å². The molecule has 2 aromatic carbocycles. The monoisotopic (exact) mass is 313 g/mol. The Balaban J connectivity index is 1.99. The summed E-state index contributed by atoms with van der Waals surface area (Å²) in [6.07, 6.45) is 0. The van der Waals surface area contributed by atoms with Crippen LogP contribution in [0.25, 0.3) is 0 Å². The van der Waals surface area contributed by atoms with Gasteiger partial charge in [0.1, 0.15) is 0 Å². The minimum absolute atomic E-state index is 0.104. The van der Waals surface area contributed by atoms with E-state index in [-0.39, 0.29) is 22.9 Å². The third-order valence-corrected chi connectivity index (χ3v) is 3.22. The number of nitrogens with one attached hydrogen (secondary N) is 1. The fourth-order valence-electron chi connectivity index (χ4n) is 2.11. The van der Waals surface area contributed by atoms with Gasteiger partial charge in [0, 0.05) is 6.07 Å². The van der Waals surface area contributed by atoms with Crippen LogP contribution in [0.4, 0.5) is 11.4 Å². The molecule has 0 aliphatic carbocycles. The van der Waals surface area contributed by atoms with E-state index in [4.69, 9.17) is 9.47 Å². The van der Waals surface area contributed by atoms with Gasteiger partial charge in [0.2, 0.25) is 5.90 Å². The molecule has 8 nitrogen and oxygen atoms in total. The zero-order valence-electron chi connectivity index (χ0n) is 12.0. The molecule has 0 radical (unpaired) electrons. The molecule has 8 heteroatoms. The van der Waals surface area contributed by atoms with Gasteiger partial charge in [-0.1, -0.05) is 12.1 Å². The second-order valence-electron chi connectivity index (χ2n) is 4.61. The van der Waals surface area contributed by atoms with Crippen LogP contribution in [0.1, 0.15) is 15.9 Å². The van der Waals surface area contributed by atoms with Crippen LogP contribution >= 0.6 is 0 Å². The summed E-state index contributed by atoms with van der Waals surface area (Å²) < 4.78 is 10.3. The Bertz CT molecular complexity index is 832. The van der Waals surface area contributed by atoms with Crippen LogP contribution in [0.15, 0.2) is 47.6 Å². The summed E-state index contributed by atoms with van der Waals surface area (Å²) >= 11 is 0. The number of benzene rings is 2. The van der Waals surface area contributed by atoms with E-state index < -0.39 is 10.9 Å². The Morgan fingerprint density at radius 3 is 2.83 bits per heavy atom. The molecule has 0 atom stereocenters. The Kier molecular flexibility index (Phi) is 3.63. The first kappa shape index (κ1) is 14.5. The van der Waals surface area contributed by atoms with Crippen molar-refractivity contribution in [3.8, 4) is 5.75 Å². The number of nitro benzene ring substituents is 1. The normalized spacial score (nSPS) is 12.3. The number of nitrogens with zero attached hydrogens (tertiary/aromatic N) is 2. The molecule has 1 N–H and O–H groups in total. The Morgan fingerprint density at radius 2 is 2.09 bits per heavy atom. The zero-order valence-corrected chi connectivity index (χ0v) is 12.0. The van der Waals surface area contributed by atoms with Gasteiger partial charge in [-0.25, -0.2) is 4.79 Å². The van der Waals surface area contributed by atoms with Gasteiger partial charge in [-0.3, -0.25) is 15.5 Å². The number of esters is 1. The van der Waals surface area contributed by atoms with Crippen LogP contribution in [0.2, 0.25) is 0 Å². The number of methoxy groups -OCH3 is 1. The molecule has 1 aliphatic rings. The molecule has 0 bridgehead atoms. The Hall–Kier alpha value is -3.42.